The Hall–Kier alpha value is -3.38. The minimum atomic E-state index is -0.500. The van der Waals surface area contributed by atoms with Crippen LogP contribution in [0.25, 0.3) is 0 Å². The van der Waals surface area contributed by atoms with Gasteiger partial charge in [-0.3, -0.25) is 5.32 Å². The standard InChI is InChI=1S/C18H15N3O5S/c1-23-17(22)11-3-5-14(13(7-11)21-18(27-2)20-9-19)26-12-4-6-15-16(8-12)25-10-24-15/h3-8H,10H2,1-2H3,(H,20,21). The number of carbonyl (C=O) groups excluding carboxylic acids is 1. The van der Waals surface area contributed by atoms with Gasteiger partial charge in [0.05, 0.1) is 12.7 Å². The zero-order valence-electron chi connectivity index (χ0n) is 14.5. The summed E-state index contributed by atoms with van der Waals surface area (Å²) in [6.07, 6.45) is 3.59. The molecular weight excluding hydrogens is 370 g/mol. The molecule has 2 aromatic rings. The topological polar surface area (TPSA) is 102 Å². The third-order valence-electron chi connectivity index (χ3n) is 3.53. The van der Waals surface area contributed by atoms with Gasteiger partial charge in [-0.15, -0.1) is 0 Å². The van der Waals surface area contributed by atoms with Gasteiger partial charge in [-0.2, -0.15) is 5.26 Å². The molecule has 0 spiro atoms. The van der Waals surface area contributed by atoms with Gasteiger partial charge in [-0.05, 0) is 36.6 Å². The van der Waals surface area contributed by atoms with Gasteiger partial charge in [0.1, 0.15) is 11.4 Å². The van der Waals surface area contributed by atoms with Crippen LogP contribution in [-0.2, 0) is 4.74 Å². The average Bonchev–Trinajstić information content (AvgIpc) is 3.16. The van der Waals surface area contributed by atoms with Crippen molar-refractivity contribution in [1.82, 2.24) is 5.32 Å². The number of benzene rings is 2. The van der Waals surface area contributed by atoms with Crippen LogP contribution in [0.4, 0.5) is 5.69 Å². The van der Waals surface area contributed by atoms with Gasteiger partial charge in [0.2, 0.25) is 6.79 Å². The summed E-state index contributed by atoms with van der Waals surface area (Å²) in [6.45, 7) is 0.166. The van der Waals surface area contributed by atoms with Crippen LogP contribution in [-0.4, -0.2) is 31.3 Å². The predicted octanol–water partition coefficient (Wildman–Crippen LogP) is 3.42. The van der Waals surface area contributed by atoms with Gasteiger partial charge in [0.25, 0.3) is 0 Å². The van der Waals surface area contributed by atoms with E-state index in [1.165, 1.54) is 24.9 Å². The van der Waals surface area contributed by atoms with Crippen LogP contribution in [0.5, 0.6) is 23.0 Å². The minimum Gasteiger partial charge on any atom is -0.465 e. The number of nitrogens with one attached hydrogen (secondary N) is 1. The summed E-state index contributed by atoms with van der Waals surface area (Å²) in [5, 5.41) is 11.7. The van der Waals surface area contributed by atoms with Gasteiger partial charge in [0, 0.05) is 6.07 Å². The first-order valence-corrected chi connectivity index (χ1v) is 8.94. The lowest BCUT2D eigenvalue weighted by atomic mass is 10.2. The normalized spacial score (nSPS) is 12.3. The van der Waals surface area contributed by atoms with Gasteiger partial charge in [-0.1, -0.05) is 11.8 Å². The Morgan fingerprint density at radius 3 is 2.81 bits per heavy atom. The SMILES string of the molecule is COC(=O)c1ccc(Oc2ccc3c(c2)OCO3)c(N=C(NC#N)SC)c1. The molecule has 0 radical (unpaired) electrons. The number of methoxy groups -OCH3 is 1. The van der Waals surface area contributed by atoms with Crippen molar-refractivity contribution >= 4 is 28.6 Å². The second-order valence-corrected chi connectivity index (χ2v) is 5.94. The molecule has 2 aromatic carbocycles. The molecule has 3 rings (SSSR count). The third-order valence-corrected chi connectivity index (χ3v) is 4.11. The van der Waals surface area contributed by atoms with E-state index in [1.54, 1.807) is 36.6 Å². The first-order valence-electron chi connectivity index (χ1n) is 7.72. The number of esters is 1. The lowest BCUT2D eigenvalue weighted by molar-refractivity contribution is 0.0600. The average molecular weight is 385 g/mol. The van der Waals surface area contributed by atoms with E-state index in [0.717, 1.165) is 0 Å². The van der Waals surface area contributed by atoms with Crippen LogP contribution in [0.1, 0.15) is 10.4 Å². The van der Waals surface area contributed by atoms with Gasteiger partial charge in [0.15, 0.2) is 28.6 Å². The molecule has 0 atom stereocenters. The first-order chi connectivity index (χ1) is 13.1. The number of thioether (sulfide) groups is 1. The Morgan fingerprint density at radius 2 is 2.07 bits per heavy atom. The number of fused-ring (bicyclic) bond motifs is 1. The van der Waals surface area contributed by atoms with E-state index in [2.05, 4.69) is 10.3 Å². The number of amidine groups is 1. The second-order valence-electron chi connectivity index (χ2n) is 5.15. The van der Waals surface area contributed by atoms with E-state index in [0.29, 0.717) is 39.4 Å². The van der Waals surface area contributed by atoms with Crippen LogP contribution < -0.4 is 19.5 Å². The van der Waals surface area contributed by atoms with Crippen molar-refractivity contribution in [1.29, 1.82) is 5.26 Å². The largest absolute Gasteiger partial charge is 0.465 e. The molecule has 0 saturated heterocycles. The lowest BCUT2D eigenvalue weighted by Gasteiger charge is -2.11. The monoisotopic (exact) mass is 385 g/mol. The Labute approximate surface area is 159 Å². The smallest absolute Gasteiger partial charge is 0.337 e. The molecule has 1 aliphatic rings. The van der Waals surface area contributed by atoms with Crippen molar-refractivity contribution in [2.45, 2.75) is 0 Å². The Kier molecular flexibility index (Phi) is 5.68. The van der Waals surface area contributed by atoms with E-state index in [4.69, 9.17) is 24.2 Å². The summed E-state index contributed by atoms with van der Waals surface area (Å²) in [5.74, 6) is 1.64. The van der Waals surface area contributed by atoms with Crippen LogP contribution in [0.2, 0.25) is 0 Å². The fourth-order valence-corrected chi connectivity index (χ4v) is 2.62. The van der Waals surface area contributed by atoms with Crippen molar-refractivity contribution < 1.29 is 23.7 Å². The fraction of sp³-hybridized carbons (Fsp3) is 0.167. The number of nitriles is 1. The second kappa shape index (κ2) is 8.33. The first kappa shape index (κ1) is 18.4. The molecule has 0 aromatic heterocycles. The molecule has 8 nitrogen and oxygen atoms in total. The van der Waals surface area contributed by atoms with E-state index < -0.39 is 5.97 Å². The van der Waals surface area contributed by atoms with Crippen molar-refractivity contribution in [2.75, 3.05) is 20.2 Å². The third kappa shape index (κ3) is 4.24. The Morgan fingerprint density at radius 1 is 1.26 bits per heavy atom. The summed E-state index contributed by atoms with van der Waals surface area (Å²) >= 11 is 1.25. The zero-order chi connectivity index (χ0) is 19.2. The molecule has 27 heavy (non-hydrogen) atoms. The number of hydrogen-bond acceptors (Lipinski definition) is 8. The highest BCUT2D eigenvalue weighted by Crippen LogP contribution is 2.39. The van der Waals surface area contributed by atoms with Crippen LogP contribution in [0.3, 0.4) is 0 Å². The van der Waals surface area contributed by atoms with Crippen molar-refractivity contribution in [3.63, 3.8) is 0 Å². The van der Waals surface area contributed by atoms with E-state index in [9.17, 15) is 4.79 Å². The molecule has 0 saturated carbocycles. The maximum absolute atomic E-state index is 11.8. The Balaban J connectivity index is 1.98. The maximum atomic E-state index is 11.8. The van der Waals surface area contributed by atoms with Gasteiger partial charge < -0.3 is 18.9 Å². The Bertz CT molecular complexity index is 939. The molecule has 138 valence electrons. The maximum Gasteiger partial charge on any atom is 0.337 e. The van der Waals surface area contributed by atoms with Gasteiger partial charge >= 0.3 is 5.97 Å². The van der Waals surface area contributed by atoms with Crippen LogP contribution >= 0.6 is 11.8 Å². The highest BCUT2D eigenvalue weighted by Gasteiger charge is 2.16. The van der Waals surface area contributed by atoms with Crippen LogP contribution in [0, 0.1) is 11.5 Å². The molecule has 1 heterocycles. The van der Waals surface area contributed by atoms with E-state index >= 15 is 0 Å². The van der Waals surface area contributed by atoms with E-state index in [1.807, 2.05) is 6.19 Å². The fourth-order valence-electron chi connectivity index (χ4n) is 2.29. The number of ether oxygens (including phenoxy) is 4. The number of rotatable bonds is 4. The molecule has 0 amide bonds. The molecule has 9 heteroatoms. The summed E-state index contributed by atoms with van der Waals surface area (Å²) in [5.41, 5.74) is 0.675. The summed E-state index contributed by atoms with van der Waals surface area (Å²) in [7, 11) is 1.30. The molecule has 0 fully saturated rings. The van der Waals surface area contributed by atoms with Gasteiger partial charge in [-0.25, -0.2) is 9.79 Å². The molecular formula is C18H15N3O5S. The van der Waals surface area contributed by atoms with E-state index in [-0.39, 0.29) is 6.79 Å². The summed E-state index contributed by atoms with van der Waals surface area (Å²) < 4.78 is 21.3. The highest BCUT2D eigenvalue weighted by atomic mass is 32.2. The zero-order valence-corrected chi connectivity index (χ0v) is 15.3. The molecule has 0 bridgehead atoms. The van der Waals surface area contributed by atoms with Crippen molar-refractivity contribution in [3.05, 3.63) is 42.0 Å². The molecule has 0 unspecified atom stereocenters. The minimum absolute atomic E-state index is 0.166. The lowest BCUT2D eigenvalue weighted by Crippen LogP contribution is -2.12. The molecule has 1 aliphatic heterocycles. The summed E-state index contributed by atoms with van der Waals surface area (Å²) in [4.78, 5) is 16.2. The number of nitrogens with zero attached hydrogens (tertiary/aromatic N) is 2. The van der Waals surface area contributed by atoms with Crippen molar-refractivity contribution in [3.8, 4) is 29.2 Å². The highest BCUT2D eigenvalue weighted by molar-refractivity contribution is 8.13. The molecule has 1 N–H and O–H groups in total. The number of carbonyl (C=O) groups is 1. The molecule has 0 aliphatic carbocycles. The summed E-state index contributed by atoms with van der Waals surface area (Å²) in [6, 6.07) is 9.90. The number of aliphatic imine (C=N–C) groups is 1. The predicted molar refractivity (Wildman–Crippen MR) is 99.8 cm³/mol. The number of hydrogen-bond donors (Lipinski definition) is 1. The quantitative estimate of drug-likeness (QED) is 0.281. The van der Waals surface area contributed by atoms with Crippen molar-refractivity contribution in [2.24, 2.45) is 4.99 Å². The van der Waals surface area contributed by atoms with Crippen LogP contribution in [0.15, 0.2) is 41.4 Å².